The Morgan fingerprint density at radius 1 is 0.846 bits per heavy atom. The molecule has 0 heterocycles. The highest BCUT2D eigenvalue weighted by molar-refractivity contribution is 7.85. The van der Waals surface area contributed by atoms with Gasteiger partial charge in [0.2, 0.25) is 0 Å². The number of carbonyl (C=O) groups is 1. The third-order valence-corrected chi connectivity index (χ3v) is 9.14. The minimum Gasteiger partial charge on any atom is -0.438 e. The van der Waals surface area contributed by atoms with E-state index in [4.69, 9.17) is 4.55 Å². The van der Waals surface area contributed by atoms with Crippen molar-refractivity contribution in [1.82, 2.24) is 0 Å². The van der Waals surface area contributed by atoms with E-state index >= 15 is 0 Å². The fourth-order valence-corrected chi connectivity index (χ4v) is 7.81. The molecule has 4 atom stereocenters. The molecule has 0 amide bonds. The van der Waals surface area contributed by atoms with Crippen LogP contribution >= 0.6 is 0 Å². The van der Waals surface area contributed by atoms with Crippen LogP contribution in [0.15, 0.2) is 48.5 Å². The first kappa shape index (κ1) is 27.9. The first-order valence-electron chi connectivity index (χ1n) is 12.2. The van der Waals surface area contributed by atoms with Gasteiger partial charge in [0.25, 0.3) is 10.1 Å². The highest BCUT2D eigenvalue weighted by Gasteiger charge is 2.76. The van der Waals surface area contributed by atoms with Crippen LogP contribution in [0.4, 0.5) is 26.3 Å². The number of hydrogen-bond acceptors (Lipinski definition) is 5. The van der Waals surface area contributed by atoms with Crippen molar-refractivity contribution in [1.29, 1.82) is 0 Å². The van der Waals surface area contributed by atoms with E-state index in [9.17, 15) is 44.7 Å². The zero-order chi connectivity index (χ0) is 28.5. The largest absolute Gasteiger partial charge is 0.438 e. The molecule has 212 valence electrons. The minimum absolute atomic E-state index is 0.349. The number of esters is 1. The average molecular weight is 579 g/mol. The Kier molecular flexibility index (Phi) is 6.58. The van der Waals surface area contributed by atoms with Crippen molar-refractivity contribution in [3.8, 4) is 0 Å². The lowest BCUT2D eigenvalue weighted by Crippen LogP contribution is -2.64. The van der Waals surface area contributed by atoms with Crippen molar-refractivity contribution >= 4 is 16.1 Å². The van der Waals surface area contributed by atoms with Crippen molar-refractivity contribution in [2.45, 2.75) is 55.2 Å². The molecule has 0 aromatic heterocycles. The summed E-state index contributed by atoms with van der Waals surface area (Å²) in [5, 5.41) is 10.8. The number of ether oxygens (including phenoxy) is 1. The summed E-state index contributed by atoms with van der Waals surface area (Å²) in [6, 6.07) is 13.6. The number of fused-ring (bicyclic) bond motifs is 1. The fraction of sp³-hybridized carbons (Fsp3) is 0.500. The van der Waals surface area contributed by atoms with Gasteiger partial charge >= 0.3 is 23.9 Å². The van der Waals surface area contributed by atoms with Gasteiger partial charge in [0, 0.05) is 11.8 Å². The number of benzene rings is 2. The van der Waals surface area contributed by atoms with Gasteiger partial charge < -0.3 is 9.84 Å². The number of halogens is 6. The molecule has 2 aromatic rings. The number of alkyl halides is 6. The second-order valence-electron chi connectivity index (χ2n) is 10.4. The average Bonchev–Trinajstić information content (AvgIpc) is 3.26. The Morgan fingerprint density at radius 3 is 1.69 bits per heavy atom. The van der Waals surface area contributed by atoms with Gasteiger partial charge in [-0.3, -0.25) is 9.35 Å². The molecule has 6 rings (SSSR count). The zero-order valence-electron chi connectivity index (χ0n) is 20.1. The van der Waals surface area contributed by atoms with E-state index < -0.39 is 75.5 Å². The van der Waals surface area contributed by atoms with Gasteiger partial charge in [-0.15, -0.1) is 0 Å². The maximum Gasteiger partial charge on any atom is 0.438 e. The molecule has 0 radical (unpaired) electrons. The molecule has 2 N–H and O–H groups in total. The monoisotopic (exact) mass is 578 g/mol. The van der Waals surface area contributed by atoms with Crippen LogP contribution in [0.2, 0.25) is 0 Å². The van der Waals surface area contributed by atoms with Crippen molar-refractivity contribution in [3.05, 3.63) is 70.8 Å². The molecule has 1 fully saturated rings. The Labute approximate surface area is 219 Å². The van der Waals surface area contributed by atoms with Crippen LogP contribution in [0.25, 0.3) is 0 Å². The second kappa shape index (κ2) is 9.20. The van der Waals surface area contributed by atoms with Gasteiger partial charge in [-0.05, 0) is 46.9 Å². The van der Waals surface area contributed by atoms with E-state index in [-0.39, 0.29) is 0 Å². The van der Waals surface area contributed by atoms with Gasteiger partial charge in [0.05, 0.1) is 12.0 Å². The van der Waals surface area contributed by atoms with Crippen LogP contribution in [0.1, 0.15) is 53.4 Å². The fourth-order valence-electron chi connectivity index (χ4n) is 6.91. The van der Waals surface area contributed by atoms with Crippen molar-refractivity contribution in [2.75, 3.05) is 5.75 Å². The molecule has 1 saturated carbocycles. The highest BCUT2D eigenvalue weighted by Crippen LogP contribution is 2.62. The molecule has 13 heteroatoms. The molecule has 0 spiro atoms. The van der Waals surface area contributed by atoms with E-state index in [2.05, 4.69) is 4.74 Å². The summed E-state index contributed by atoms with van der Waals surface area (Å²) in [6.07, 6.45) is -12.5. The quantitative estimate of drug-likeness (QED) is 0.296. The molecule has 39 heavy (non-hydrogen) atoms. The Balaban J connectivity index is 1.70. The van der Waals surface area contributed by atoms with Crippen LogP contribution in [-0.2, 0) is 19.6 Å². The van der Waals surface area contributed by atoms with Gasteiger partial charge in [-0.1, -0.05) is 55.0 Å². The molecule has 4 aliphatic carbocycles. The molecular formula is C26H24F6O6S. The van der Waals surface area contributed by atoms with E-state index in [1.54, 1.807) is 48.5 Å². The molecular weight excluding hydrogens is 554 g/mol. The molecule has 4 aliphatic rings. The van der Waals surface area contributed by atoms with Gasteiger partial charge in [0.15, 0.2) is 0 Å². The summed E-state index contributed by atoms with van der Waals surface area (Å²) in [6.45, 7) is 0. The Bertz CT molecular complexity index is 1330. The summed E-state index contributed by atoms with van der Waals surface area (Å²) in [5.41, 5.74) is -2.92. The number of aliphatic hydroxyl groups excluding tert-OH is 1. The van der Waals surface area contributed by atoms with Crippen molar-refractivity contribution in [2.24, 2.45) is 17.8 Å². The third kappa shape index (κ3) is 4.42. The molecule has 6 nitrogen and oxygen atoms in total. The highest BCUT2D eigenvalue weighted by atomic mass is 32.2. The van der Waals surface area contributed by atoms with Crippen molar-refractivity contribution < 1.29 is 54.0 Å². The summed E-state index contributed by atoms with van der Waals surface area (Å²) in [4.78, 5) is 13.7. The van der Waals surface area contributed by atoms with Gasteiger partial charge in [0.1, 0.15) is 5.75 Å². The number of carbonyl (C=O) groups excluding carboxylic acids is 1. The summed E-state index contributed by atoms with van der Waals surface area (Å²) < 4.78 is 120. The summed E-state index contributed by atoms with van der Waals surface area (Å²) in [5.74, 6) is -9.62. The lowest BCUT2D eigenvalue weighted by atomic mass is 9.51. The molecule has 0 aliphatic heterocycles. The first-order chi connectivity index (χ1) is 18.1. The normalized spacial score (nSPS) is 28.6. The van der Waals surface area contributed by atoms with Crippen LogP contribution < -0.4 is 0 Å². The summed E-state index contributed by atoms with van der Waals surface area (Å²) in [7, 11) is -5.93. The Hall–Kier alpha value is -2.64. The minimum atomic E-state index is -6.43. The first-order valence-corrected chi connectivity index (χ1v) is 13.9. The molecule has 0 saturated heterocycles. The van der Waals surface area contributed by atoms with Gasteiger partial charge in [-0.25, -0.2) is 0 Å². The van der Waals surface area contributed by atoms with E-state index in [1.165, 1.54) is 0 Å². The Morgan fingerprint density at radius 2 is 1.31 bits per heavy atom. The van der Waals surface area contributed by atoms with Crippen molar-refractivity contribution in [3.63, 3.8) is 0 Å². The van der Waals surface area contributed by atoms with Crippen LogP contribution in [0.5, 0.6) is 0 Å². The SMILES string of the molecule is O=C(OC(CS(=O)(=O)O)(C(F)(F)F)C(F)(F)F)C1C2c3ccccc3C(c3ccccc32)C1C1CCCC1O. The molecule has 4 unspecified atom stereocenters. The lowest BCUT2D eigenvalue weighted by molar-refractivity contribution is -0.362. The predicted octanol–water partition coefficient (Wildman–Crippen LogP) is 4.97. The molecule has 2 bridgehead atoms. The number of hydrogen-bond donors (Lipinski definition) is 2. The van der Waals surface area contributed by atoms with Crippen LogP contribution in [0.3, 0.4) is 0 Å². The maximum atomic E-state index is 14.0. The van der Waals surface area contributed by atoms with Crippen LogP contribution in [0, 0.1) is 17.8 Å². The smallest absolute Gasteiger partial charge is 0.438 e. The van der Waals surface area contributed by atoms with Gasteiger partial charge in [-0.2, -0.15) is 34.8 Å². The maximum absolute atomic E-state index is 14.0. The third-order valence-electron chi connectivity index (χ3n) is 8.37. The topological polar surface area (TPSA) is 101 Å². The van der Waals surface area contributed by atoms with Crippen LogP contribution in [-0.4, -0.2) is 53.9 Å². The van der Waals surface area contributed by atoms with E-state index in [0.717, 1.165) is 11.1 Å². The second-order valence-corrected chi connectivity index (χ2v) is 11.9. The lowest BCUT2D eigenvalue weighted by Gasteiger charge is -2.52. The number of aliphatic hydroxyl groups is 1. The molecule has 2 aromatic carbocycles. The summed E-state index contributed by atoms with van der Waals surface area (Å²) >= 11 is 0. The predicted molar refractivity (Wildman–Crippen MR) is 124 cm³/mol. The van der Waals surface area contributed by atoms with E-state index in [1.807, 2.05) is 0 Å². The zero-order valence-corrected chi connectivity index (χ0v) is 20.9. The van der Waals surface area contributed by atoms with E-state index in [0.29, 0.717) is 30.4 Å². The number of rotatable bonds is 5. The standard InChI is InChI=1S/C26H24F6O6S/c27-25(28,29)24(26(30,31)32,12-39(35,36)37)38-23(34)22-20-15-8-3-1-6-13(15)19(14-7-2-4-9-16(14)20)21(22)17-10-5-11-18(17)33/h1-4,6-9,17-22,33H,5,10-12H2,(H,35,36,37).